The van der Waals surface area contributed by atoms with Crippen molar-refractivity contribution in [2.45, 2.75) is 26.0 Å². The predicted octanol–water partition coefficient (Wildman–Crippen LogP) is 1.76. The summed E-state index contributed by atoms with van der Waals surface area (Å²) in [5.41, 5.74) is 1.72. The minimum atomic E-state index is -1.08. The lowest BCUT2D eigenvalue weighted by atomic mass is 10.1. The van der Waals surface area contributed by atoms with Crippen LogP contribution >= 0.6 is 0 Å². The van der Waals surface area contributed by atoms with Crippen LogP contribution in [0.1, 0.15) is 28.2 Å². The summed E-state index contributed by atoms with van der Waals surface area (Å²) in [4.78, 5) is 11.0. The van der Waals surface area contributed by atoms with Gasteiger partial charge in [-0.25, -0.2) is 9.48 Å². The van der Waals surface area contributed by atoms with Gasteiger partial charge in [-0.2, -0.15) is 0 Å². The molecular weight excluding hydrogens is 258 g/mol. The van der Waals surface area contributed by atoms with Crippen LogP contribution in [0.2, 0.25) is 0 Å². The van der Waals surface area contributed by atoms with Gasteiger partial charge in [0, 0.05) is 13.7 Å². The number of benzene rings is 1. The smallest absolute Gasteiger partial charge is 0.358 e. The molecule has 0 aliphatic heterocycles. The summed E-state index contributed by atoms with van der Waals surface area (Å²) in [7, 11) is 1.52. The average Bonchev–Trinajstić information content (AvgIpc) is 2.84. The van der Waals surface area contributed by atoms with Gasteiger partial charge in [0.2, 0.25) is 0 Å². The lowest BCUT2D eigenvalue weighted by Crippen LogP contribution is -2.10. The van der Waals surface area contributed by atoms with E-state index in [0.717, 1.165) is 12.8 Å². The summed E-state index contributed by atoms with van der Waals surface area (Å²) >= 11 is 0. The van der Waals surface area contributed by atoms with Gasteiger partial charge in [0.05, 0.1) is 12.3 Å². The Balaban J connectivity index is 2.00. The number of ether oxygens (including phenoxy) is 1. The molecular formula is C14H17N3O3. The van der Waals surface area contributed by atoms with Gasteiger partial charge in [0.1, 0.15) is 0 Å². The van der Waals surface area contributed by atoms with Crippen LogP contribution < -0.4 is 0 Å². The van der Waals surface area contributed by atoms with Gasteiger partial charge in [-0.05, 0) is 18.4 Å². The normalized spacial score (nSPS) is 10.7. The minimum absolute atomic E-state index is 0.0356. The zero-order chi connectivity index (χ0) is 14.4. The molecule has 0 aliphatic carbocycles. The Morgan fingerprint density at radius 2 is 2.10 bits per heavy atom. The van der Waals surface area contributed by atoms with Gasteiger partial charge in [-0.3, -0.25) is 0 Å². The summed E-state index contributed by atoms with van der Waals surface area (Å²) in [6, 6.07) is 10.1. The highest BCUT2D eigenvalue weighted by Gasteiger charge is 2.18. The van der Waals surface area contributed by atoms with Crippen LogP contribution in [0, 0.1) is 0 Å². The van der Waals surface area contributed by atoms with Crippen LogP contribution in [-0.4, -0.2) is 33.2 Å². The Hall–Kier alpha value is -2.21. The van der Waals surface area contributed by atoms with E-state index in [9.17, 15) is 4.79 Å². The number of hydrogen-bond acceptors (Lipinski definition) is 4. The molecule has 6 nitrogen and oxygen atoms in total. The monoisotopic (exact) mass is 275 g/mol. The molecule has 2 rings (SSSR count). The summed E-state index contributed by atoms with van der Waals surface area (Å²) in [6.07, 6.45) is 1.78. The first kappa shape index (κ1) is 14.2. The van der Waals surface area contributed by atoms with Crippen molar-refractivity contribution in [3.8, 4) is 0 Å². The molecule has 1 N–H and O–H groups in total. The van der Waals surface area contributed by atoms with E-state index in [2.05, 4.69) is 22.4 Å². The van der Waals surface area contributed by atoms with E-state index in [1.54, 1.807) is 4.68 Å². The summed E-state index contributed by atoms with van der Waals surface area (Å²) in [5, 5.41) is 16.6. The molecule has 0 fully saturated rings. The van der Waals surface area contributed by atoms with Crippen molar-refractivity contribution in [1.82, 2.24) is 15.0 Å². The lowest BCUT2D eigenvalue weighted by molar-refractivity contribution is 0.0684. The molecule has 0 spiro atoms. The van der Waals surface area contributed by atoms with E-state index >= 15 is 0 Å². The molecule has 106 valence electrons. The zero-order valence-electron chi connectivity index (χ0n) is 11.3. The van der Waals surface area contributed by atoms with Crippen molar-refractivity contribution in [2.75, 3.05) is 7.11 Å². The Morgan fingerprint density at radius 3 is 2.75 bits per heavy atom. The number of carbonyl (C=O) groups is 1. The summed E-state index contributed by atoms with van der Waals surface area (Å²) < 4.78 is 6.63. The molecule has 20 heavy (non-hydrogen) atoms. The van der Waals surface area contributed by atoms with Gasteiger partial charge < -0.3 is 9.84 Å². The molecule has 1 aromatic heterocycles. The molecule has 1 aromatic carbocycles. The van der Waals surface area contributed by atoms with E-state index in [-0.39, 0.29) is 12.3 Å². The third-order valence-corrected chi connectivity index (χ3v) is 3.00. The third-order valence-electron chi connectivity index (χ3n) is 3.00. The minimum Gasteiger partial charge on any atom is -0.476 e. The van der Waals surface area contributed by atoms with Crippen molar-refractivity contribution < 1.29 is 14.6 Å². The molecule has 0 radical (unpaired) electrons. The second-order valence-corrected chi connectivity index (χ2v) is 4.44. The van der Waals surface area contributed by atoms with Crippen LogP contribution in [0.3, 0.4) is 0 Å². The van der Waals surface area contributed by atoms with E-state index in [1.165, 1.54) is 12.7 Å². The largest absolute Gasteiger partial charge is 0.476 e. The molecule has 2 aromatic rings. The van der Waals surface area contributed by atoms with Crippen LogP contribution in [0.5, 0.6) is 0 Å². The quantitative estimate of drug-likeness (QED) is 0.833. The summed E-state index contributed by atoms with van der Waals surface area (Å²) in [5.74, 6) is -1.08. The highest BCUT2D eigenvalue weighted by molar-refractivity contribution is 5.86. The van der Waals surface area contributed by atoms with Gasteiger partial charge >= 0.3 is 5.97 Å². The number of methoxy groups -OCH3 is 1. The third kappa shape index (κ3) is 3.42. The maximum Gasteiger partial charge on any atom is 0.358 e. The topological polar surface area (TPSA) is 77.2 Å². The van der Waals surface area contributed by atoms with E-state index in [0.29, 0.717) is 12.2 Å². The van der Waals surface area contributed by atoms with Crippen molar-refractivity contribution in [1.29, 1.82) is 0 Å². The molecule has 0 saturated carbocycles. The fourth-order valence-electron chi connectivity index (χ4n) is 2.04. The van der Waals surface area contributed by atoms with E-state index in [4.69, 9.17) is 9.84 Å². The number of hydrogen-bond donors (Lipinski definition) is 1. The highest BCUT2D eigenvalue weighted by Crippen LogP contribution is 2.09. The fourth-order valence-corrected chi connectivity index (χ4v) is 2.04. The Morgan fingerprint density at radius 1 is 1.35 bits per heavy atom. The number of carboxylic acid groups (broad SMARTS) is 1. The van der Waals surface area contributed by atoms with Crippen LogP contribution in [0.4, 0.5) is 0 Å². The van der Waals surface area contributed by atoms with Gasteiger partial charge in [-0.1, -0.05) is 35.5 Å². The van der Waals surface area contributed by atoms with E-state index in [1.807, 2.05) is 18.2 Å². The Bertz CT molecular complexity index is 566. The fraction of sp³-hybridized carbons (Fsp3) is 0.357. The molecule has 0 bridgehead atoms. The van der Waals surface area contributed by atoms with Crippen molar-refractivity contribution in [3.63, 3.8) is 0 Å². The first-order chi connectivity index (χ1) is 9.72. The van der Waals surface area contributed by atoms with Gasteiger partial charge in [0.25, 0.3) is 0 Å². The van der Waals surface area contributed by atoms with Crippen molar-refractivity contribution in [2.24, 2.45) is 0 Å². The standard InChI is InChI=1S/C14H17N3O3/c1-20-10-12-13(14(18)19)15-16-17(12)9-5-8-11-6-3-2-4-7-11/h2-4,6-7H,5,8-10H2,1H3,(H,18,19). The molecule has 6 heteroatoms. The van der Waals surface area contributed by atoms with Gasteiger partial charge in [0.15, 0.2) is 5.69 Å². The molecule has 0 aliphatic rings. The maximum atomic E-state index is 11.0. The predicted molar refractivity (Wildman–Crippen MR) is 72.5 cm³/mol. The Kier molecular flexibility index (Phi) is 4.84. The molecule has 0 unspecified atom stereocenters. The van der Waals surface area contributed by atoms with E-state index < -0.39 is 5.97 Å². The number of aromatic nitrogens is 3. The number of aryl methyl sites for hydroxylation is 2. The second kappa shape index (κ2) is 6.81. The van der Waals surface area contributed by atoms with Crippen LogP contribution in [0.25, 0.3) is 0 Å². The molecule has 0 amide bonds. The molecule has 0 atom stereocenters. The number of carboxylic acids is 1. The second-order valence-electron chi connectivity index (χ2n) is 4.44. The first-order valence-corrected chi connectivity index (χ1v) is 6.41. The molecule has 1 heterocycles. The first-order valence-electron chi connectivity index (χ1n) is 6.41. The number of rotatable bonds is 7. The Labute approximate surface area is 117 Å². The van der Waals surface area contributed by atoms with Crippen molar-refractivity contribution in [3.05, 3.63) is 47.3 Å². The molecule has 0 saturated heterocycles. The van der Waals surface area contributed by atoms with Gasteiger partial charge in [-0.15, -0.1) is 5.10 Å². The lowest BCUT2D eigenvalue weighted by Gasteiger charge is -2.06. The maximum absolute atomic E-state index is 11.0. The van der Waals surface area contributed by atoms with Crippen LogP contribution in [-0.2, 0) is 24.3 Å². The average molecular weight is 275 g/mol. The SMILES string of the molecule is COCc1c(C(=O)O)nnn1CCCc1ccccc1. The van der Waals surface area contributed by atoms with Crippen LogP contribution in [0.15, 0.2) is 30.3 Å². The number of nitrogens with zero attached hydrogens (tertiary/aromatic N) is 3. The van der Waals surface area contributed by atoms with Crippen molar-refractivity contribution >= 4 is 5.97 Å². The number of aromatic carboxylic acids is 1. The summed E-state index contributed by atoms with van der Waals surface area (Å²) in [6.45, 7) is 0.813. The highest BCUT2D eigenvalue weighted by atomic mass is 16.5. The zero-order valence-corrected chi connectivity index (χ0v) is 11.3.